The summed E-state index contributed by atoms with van der Waals surface area (Å²) in [4.78, 5) is 13.7. The highest BCUT2D eigenvalue weighted by atomic mass is 16.6. The molecule has 0 atom stereocenters. The fraction of sp³-hybridized carbons (Fsp3) is 0.917. The molecular weight excluding hydrogens is 204 g/mol. The summed E-state index contributed by atoms with van der Waals surface area (Å²) in [6.45, 7) is 9.19. The van der Waals surface area contributed by atoms with Crippen molar-refractivity contribution in [2.75, 3.05) is 26.2 Å². The predicted molar refractivity (Wildman–Crippen MR) is 64.5 cm³/mol. The van der Waals surface area contributed by atoms with E-state index in [1.165, 1.54) is 12.8 Å². The van der Waals surface area contributed by atoms with Crippen LogP contribution < -0.4 is 5.32 Å². The SMILES string of the molecule is CC(C)(C)OC(=O)N1CCCCCNCC1. The van der Waals surface area contributed by atoms with E-state index in [2.05, 4.69) is 5.32 Å². The lowest BCUT2D eigenvalue weighted by atomic mass is 10.2. The molecule has 0 aromatic heterocycles. The molecule has 0 aromatic carbocycles. The van der Waals surface area contributed by atoms with Crippen LogP contribution in [0.1, 0.15) is 40.0 Å². The number of rotatable bonds is 0. The summed E-state index contributed by atoms with van der Waals surface area (Å²) in [7, 11) is 0. The maximum atomic E-state index is 11.9. The summed E-state index contributed by atoms with van der Waals surface area (Å²) in [5, 5.41) is 3.33. The highest BCUT2D eigenvalue weighted by molar-refractivity contribution is 5.68. The fourth-order valence-electron chi connectivity index (χ4n) is 1.69. The number of carbonyl (C=O) groups is 1. The number of ether oxygens (including phenoxy) is 1. The minimum Gasteiger partial charge on any atom is -0.444 e. The van der Waals surface area contributed by atoms with E-state index in [-0.39, 0.29) is 6.09 Å². The Morgan fingerprint density at radius 3 is 2.56 bits per heavy atom. The van der Waals surface area contributed by atoms with Gasteiger partial charge in [-0.25, -0.2) is 4.79 Å². The van der Waals surface area contributed by atoms with Gasteiger partial charge in [0.05, 0.1) is 0 Å². The summed E-state index contributed by atoms with van der Waals surface area (Å²) in [6, 6.07) is 0. The number of amides is 1. The first-order valence-corrected chi connectivity index (χ1v) is 6.18. The zero-order valence-electron chi connectivity index (χ0n) is 10.7. The standard InChI is InChI=1S/C12H24N2O2/c1-12(2,3)16-11(15)14-9-6-4-5-7-13-8-10-14/h13H,4-10H2,1-3H3. The van der Waals surface area contributed by atoms with Gasteiger partial charge >= 0.3 is 6.09 Å². The summed E-state index contributed by atoms with van der Waals surface area (Å²) in [6.07, 6.45) is 3.26. The molecular formula is C12H24N2O2. The Labute approximate surface area is 98.3 Å². The lowest BCUT2D eigenvalue weighted by molar-refractivity contribution is 0.0252. The number of carbonyl (C=O) groups excluding carboxylic acids is 1. The van der Waals surface area contributed by atoms with Gasteiger partial charge in [-0.2, -0.15) is 0 Å². The summed E-state index contributed by atoms with van der Waals surface area (Å²) < 4.78 is 5.37. The molecule has 0 aromatic rings. The Kier molecular flexibility index (Phi) is 5.06. The second kappa shape index (κ2) is 6.09. The summed E-state index contributed by atoms with van der Waals surface area (Å²) >= 11 is 0. The predicted octanol–water partition coefficient (Wildman–Crippen LogP) is 2.00. The molecule has 1 rings (SSSR count). The molecule has 94 valence electrons. The summed E-state index contributed by atoms with van der Waals surface area (Å²) in [5.74, 6) is 0. The van der Waals surface area contributed by atoms with Crippen LogP contribution in [0, 0.1) is 0 Å². The first-order chi connectivity index (χ1) is 7.49. The van der Waals surface area contributed by atoms with Gasteiger partial charge in [0.15, 0.2) is 0 Å². The van der Waals surface area contributed by atoms with Gasteiger partial charge in [-0.05, 0) is 40.2 Å². The molecule has 0 aliphatic carbocycles. The van der Waals surface area contributed by atoms with Crippen molar-refractivity contribution >= 4 is 6.09 Å². The number of hydrogen-bond acceptors (Lipinski definition) is 3. The van der Waals surface area contributed by atoms with E-state index in [4.69, 9.17) is 4.74 Å². The van der Waals surface area contributed by atoms with Gasteiger partial charge < -0.3 is 15.0 Å². The molecule has 0 spiro atoms. The van der Waals surface area contributed by atoms with Crippen LogP contribution in [-0.2, 0) is 4.74 Å². The van der Waals surface area contributed by atoms with Crippen LogP contribution in [0.25, 0.3) is 0 Å². The zero-order chi connectivity index (χ0) is 12.0. The van der Waals surface area contributed by atoms with Crippen LogP contribution in [0.5, 0.6) is 0 Å². The van der Waals surface area contributed by atoms with Gasteiger partial charge in [-0.15, -0.1) is 0 Å². The molecule has 4 nitrogen and oxygen atoms in total. The second-order valence-corrected chi connectivity index (χ2v) is 5.28. The summed E-state index contributed by atoms with van der Waals surface area (Å²) in [5.41, 5.74) is -0.400. The molecule has 0 saturated carbocycles. The molecule has 0 radical (unpaired) electrons. The van der Waals surface area contributed by atoms with Crippen molar-refractivity contribution in [1.82, 2.24) is 10.2 Å². The first kappa shape index (κ1) is 13.3. The molecule has 1 heterocycles. The van der Waals surface area contributed by atoms with E-state index in [0.29, 0.717) is 0 Å². The molecule has 1 amide bonds. The maximum Gasteiger partial charge on any atom is 0.410 e. The van der Waals surface area contributed by atoms with Crippen molar-refractivity contribution in [1.29, 1.82) is 0 Å². The van der Waals surface area contributed by atoms with Crippen molar-refractivity contribution in [2.24, 2.45) is 0 Å². The van der Waals surface area contributed by atoms with Gasteiger partial charge in [0.25, 0.3) is 0 Å². The molecule has 1 aliphatic rings. The average Bonchev–Trinajstić information content (AvgIpc) is 2.27. The Morgan fingerprint density at radius 1 is 1.12 bits per heavy atom. The average molecular weight is 228 g/mol. The van der Waals surface area contributed by atoms with Crippen LogP contribution in [0.15, 0.2) is 0 Å². The molecule has 16 heavy (non-hydrogen) atoms. The van der Waals surface area contributed by atoms with Crippen molar-refractivity contribution in [3.05, 3.63) is 0 Å². The third-order valence-electron chi connectivity index (χ3n) is 2.49. The van der Waals surface area contributed by atoms with Crippen molar-refractivity contribution in [3.63, 3.8) is 0 Å². The van der Waals surface area contributed by atoms with Gasteiger partial charge in [0.1, 0.15) is 5.60 Å². The lowest BCUT2D eigenvalue weighted by Gasteiger charge is -2.27. The number of nitrogens with one attached hydrogen (secondary N) is 1. The largest absolute Gasteiger partial charge is 0.444 e. The first-order valence-electron chi connectivity index (χ1n) is 6.18. The Bertz CT molecular complexity index is 214. The zero-order valence-corrected chi connectivity index (χ0v) is 10.7. The minimum absolute atomic E-state index is 0.184. The molecule has 0 unspecified atom stereocenters. The maximum absolute atomic E-state index is 11.9. The van der Waals surface area contributed by atoms with Gasteiger partial charge in [-0.3, -0.25) is 0 Å². The second-order valence-electron chi connectivity index (χ2n) is 5.28. The minimum atomic E-state index is -0.400. The fourth-order valence-corrected chi connectivity index (χ4v) is 1.69. The van der Waals surface area contributed by atoms with E-state index in [1.54, 1.807) is 0 Å². The van der Waals surface area contributed by atoms with Crippen LogP contribution in [0.3, 0.4) is 0 Å². The highest BCUT2D eigenvalue weighted by Gasteiger charge is 2.21. The number of nitrogens with zero attached hydrogens (tertiary/aromatic N) is 1. The topological polar surface area (TPSA) is 41.6 Å². The van der Waals surface area contributed by atoms with E-state index in [9.17, 15) is 4.79 Å². The third kappa shape index (κ3) is 5.35. The van der Waals surface area contributed by atoms with Crippen molar-refractivity contribution < 1.29 is 9.53 Å². The van der Waals surface area contributed by atoms with Gasteiger partial charge in [-0.1, -0.05) is 6.42 Å². The van der Waals surface area contributed by atoms with E-state index in [1.807, 2.05) is 25.7 Å². The van der Waals surface area contributed by atoms with Crippen LogP contribution >= 0.6 is 0 Å². The molecule has 1 fully saturated rings. The van der Waals surface area contributed by atoms with Crippen LogP contribution in [-0.4, -0.2) is 42.8 Å². The van der Waals surface area contributed by atoms with Gasteiger partial charge in [0, 0.05) is 19.6 Å². The Morgan fingerprint density at radius 2 is 1.88 bits per heavy atom. The monoisotopic (exact) mass is 228 g/mol. The Hall–Kier alpha value is -0.770. The smallest absolute Gasteiger partial charge is 0.410 e. The van der Waals surface area contributed by atoms with Crippen LogP contribution in [0.4, 0.5) is 4.79 Å². The highest BCUT2D eigenvalue weighted by Crippen LogP contribution is 2.11. The molecule has 1 saturated heterocycles. The van der Waals surface area contributed by atoms with E-state index in [0.717, 1.165) is 32.6 Å². The normalized spacial score (nSPS) is 19.6. The third-order valence-corrected chi connectivity index (χ3v) is 2.49. The van der Waals surface area contributed by atoms with E-state index < -0.39 is 5.60 Å². The molecule has 4 heteroatoms. The van der Waals surface area contributed by atoms with Gasteiger partial charge in [0.2, 0.25) is 0 Å². The van der Waals surface area contributed by atoms with Crippen molar-refractivity contribution in [3.8, 4) is 0 Å². The molecule has 1 aliphatic heterocycles. The molecule has 0 bridgehead atoms. The van der Waals surface area contributed by atoms with E-state index >= 15 is 0 Å². The number of hydrogen-bond donors (Lipinski definition) is 1. The van der Waals surface area contributed by atoms with Crippen molar-refractivity contribution in [2.45, 2.75) is 45.6 Å². The Balaban J connectivity index is 2.44. The van der Waals surface area contributed by atoms with Crippen LogP contribution in [0.2, 0.25) is 0 Å². The lowest BCUT2D eigenvalue weighted by Crippen LogP contribution is -2.40. The quantitative estimate of drug-likeness (QED) is 0.689. The molecule has 1 N–H and O–H groups in total.